The minimum Gasteiger partial charge on any atom is -0.329 e. The molecule has 2 heterocycles. The van der Waals surface area contributed by atoms with Crippen LogP contribution in [-0.4, -0.2) is 26.6 Å². The van der Waals surface area contributed by atoms with Gasteiger partial charge in [0.25, 0.3) is 5.78 Å². The van der Waals surface area contributed by atoms with Gasteiger partial charge in [0.15, 0.2) is 0 Å². The molecule has 4 aromatic rings. The predicted molar refractivity (Wildman–Crippen MR) is 117 cm³/mol. The fraction of sp³-hybridized carbons (Fsp3) is 0.261. The average molecular weight is 420 g/mol. The third kappa shape index (κ3) is 3.16. The van der Waals surface area contributed by atoms with Crippen molar-refractivity contribution in [1.82, 2.24) is 19.6 Å². The predicted octanol–water partition coefficient (Wildman–Crippen LogP) is 5.38. The number of hydrogen-bond donors (Lipinski definition) is 0. The summed E-state index contributed by atoms with van der Waals surface area (Å²) < 4.78 is 16.1. The summed E-state index contributed by atoms with van der Waals surface area (Å²) in [5.41, 5.74) is 2.27. The van der Waals surface area contributed by atoms with Crippen LogP contribution in [0.3, 0.4) is 0 Å². The number of fused-ring (bicyclic) bond motifs is 3. The molecule has 150 valence electrons. The molecule has 5 rings (SSSR count). The van der Waals surface area contributed by atoms with Crippen LogP contribution in [0, 0.1) is 23.1 Å². The van der Waals surface area contributed by atoms with E-state index in [4.69, 9.17) is 11.6 Å². The summed E-state index contributed by atoms with van der Waals surface area (Å²) in [6, 6.07) is 12.6. The normalized spacial score (nSPS) is 14.5. The number of benzene rings is 2. The first-order valence-corrected chi connectivity index (χ1v) is 10.2. The lowest BCUT2D eigenvalue weighted by Gasteiger charge is -2.21. The number of nitrogens with zero attached hydrogens (tertiary/aromatic N) is 5. The van der Waals surface area contributed by atoms with Crippen molar-refractivity contribution in [2.45, 2.75) is 26.2 Å². The highest BCUT2D eigenvalue weighted by Gasteiger charge is 2.38. The number of hydrogen-bond acceptors (Lipinski definition) is 4. The molecule has 1 saturated carbocycles. The molecule has 1 fully saturated rings. The fourth-order valence-corrected chi connectivity index (χ4v) is 3.90. The minimum atomic E-state index is -0.332. The topological polar surface area (TPSA) is 46.3 Å². The van der Waals surface area contributed by atoms with Gasteiger partial charge < -0.3 is 4.90 Å². The molecule has 7 heteroatoms. The summed E-state index contributed by atoms with van der Waals surface area (Å²) in [6.07, 6.45) is 3.27. The maximum atomic E-state index is 14.4. The highest BCUT2D eigenvalue weighted by atomic mass is 35.5. The first-order chi connectivity index (χ1) is 14.5. The summed E-state index contributed by atoms with van der Waals surface area (Å²) >= 11 is 6.20. The zero-order valence-electron chi connectivity index (χ0n) is 16.7. The molecule has 2 aromatic heterocycles. The smallest absolute Gasteiger partial charge is 0.258 e. The molecule has 2 aromatic carbocycles. The number of anilines is 2. The third-order valence-electron chi connectivity index (χ3n) is 5.79. The van der Waals surface area contributed by atoms with Crippen LogP contribution >= 0.6 is 11.6 Å². The Morgan fingerprint density at radius 1 is 1.20 bits per heavy atom. The first kappa shape index (κ1) is 18.8. The van der Waals surface area contributed by atoms with Gasteiger partial charge in [-0.1, -0.05) is 30.9 Å². The van der Waals surface area contributed by atoms with Crippen molar-refractivity contribution in [3.8, 4) is 11.8 Å². The Kier molecular flexibility index (Phi) is 4.37. The molecule has 1 aliphatic rings. The molecule has 0 radical (unpaired) electrons. The van der Waals surface area contributed by atoms with E-state index in [1.807, 2.05) is 42.3 Å². The van der Waals surface area contributed by atoms with Crippen LogP contribution in [0.5, 0.6) is 0 Å². The Hall–Kier alpha value is -3.17. The Labute approximate surface area is 178 Å². The van der Waals surface area contributed by atoms with E-state index in [1.54, 1.807) is 4.40 Å². The van der Waals surface area contributed by atoms with E-state index in [2.05, 4.69) is 33.9 Å². The van der Waals surface area contributed by atoms with Gasteiger partial charge in [-0.15, -0.1) is 10.2 Å². The van der Waals surface area contributed by atoms with Gasteiger partial charge in [-0.25, -0.2) is 8.79 Å². The Balaban J connectivity index is 1.62. The van der Waals surface area contributed by atoms with Gasteiger partial charge in [0.1, 0.15) is 11.6 Å². The summed E-state index contributed by atoms with van der Waals surface area (Å²) in [5.74, 6) is 7.20. The maximum Gasteiger partial charge on any atom is 0.258 e. The Morgan fingerprint density at radius 2 is 2.00 bits per heavy atom. The second-order valence-electron chi connectivity index (χ2n) is 7.70. The van der Waals surface area contributed by atoms with Crippen LogP contribution in [0.4, 0.5) is 15.9 Å². The van der Waals surface area contributed by atoms with Gasteiger partial charge in [-0.2, -0.15) is 4.98 Å². The van der Waals surface area contributed by atoms with Crippen molar-refractivity contribution < 1.29 is 4.39 Å². The van der Waals surface area contributed by atoms with E-state index in [0.717, 1.165) is 30.2 Å². The van der Waals surface area contributed by atoms with Crippen LogP contribution in [0.1, 0.15) is 31.7 Å². The van der Waals surface area contributed by atoms with E-state index in [0.29, 0.717) is 22.8 Å². The largest absolute Gasteiger partial charge is 0.329 e. The molecule has 0 atom stereocenters. The molecule has 0 aliphatic heterocycles. The summed E-state index contributed by atoms with van der Waals surface area (Å²) in [5, 5.41) is 9.09. The second-order valence-corrected chi connectivity index (χ2v) is 8.04. The van der Waals surface area contributed by atoms with Crippen molar-refractivity contribution in [3.05, 3.63) is 59.1 Å². The fourth-order valence-electron chi connectivity index (χ4n) is 3.69. The molecule has 0 amide bonds. The van der Waals surface area contributed by atoms with Gasteiger partial charge in [0, 0.05) is 29.1 Å². The minimum absolute atomic E-state index is 0.119. The molecule has 0 unspecified atom stereocenters. The lowest BCUT2D eigenvalue weighted by atomic mass is 10.0. The van der Waals surface area contributed by atoms with E-state index in [9.17, 15) is 4.39 Å². The lowest BCUT2D eigenvalue weighted by molar-refractivity contribution is 0.627. The SMILES string of the molecule is CCC1(C#Cc2cc(F)cc(N(C)c3nc4nnc(Cl)n4c4ccccc34)c2)CC1. The van der Waals surface area contributed by atoms with Gasteiger partial charge in [-0.05, 0) is 61.2 Å². The van der Waals surface area contributed by atoms with E-state index < -0.39 is 0 Å². The van der Waals surface area contributed by atoms with E-state index in [1.165, 1.54) is 12.1 Å². The molecule has 0 N–H and O–H groups in total. The number of aromatic nitrogens is 4. The number of rotatable bonds is 3. The molecule has 0 saturated heterocycles. The molecule has 0 bridgehead atoms. The zero-order chi connectivity index (χ0) is 20.9. The second kappa shape index (κ2) is 6.96. The van der Waals surface area contributed by atoms with Gasteiger partial charge >= 0.3 is 0 Å². The number of halogens is 2. The summed E-state index contributed by atoms with van der Waals surface area (Å²) in [4.78, 5) is 6.48. The Morgan fingerprint density at radius 3 is 2.77 bits per heavy atom. The standard InChI is InChI=1S/C23H19ClFN5/c1-3-23(10-11-23)9-8-15-12-16(25)14-17(13-15)29(2)20-18-6-4-5-7-19(18)30-21(24)27-28-22(30)26-20/h4-7,12-14H,3,10-11H2,1-2H3. The Bertz CT molecular complexity index is 1350. The summed E-state index contributed by atoms with van der Waals surface area (Å²) in [6.45, 7) is 2.15. The van der Waals surface area contributed by atoms with Crippen molar-refractivity contribution in [3.63, 3.8) is 0 Å². The average Bonchev–Trinajstić information content (AvgIpc) is 3.45. The lowest BCUT2D eigenvalue weighted by Crippen LogP contribution is -2.13. The monoisotopic (exact) mass is 419 g/mol. The van der Waals surface area contributed by atoms with Crippen LogP contribution in [0.25, 0.3) is 16.7 Å². The quantitative estimate of drug-likeness (QED) is 0.418. The van der Waals surface area contributed by atoms with Gasteiger partial charge in [-0.3, -0.25) is 0 Å². The molecular weight excluding hydrogens is 401 g/mol. The van der Waals surface area contributed by atoms with Crippen molar-refractivity contribution in [2.24, 2.45) is 5.41 Å². The van der Waals surface area contributed by atoms with Crippen LogP contribution in [0.15, 0.2) is 42.5 Å². The van der Waals surface area contributed by atoms with Crippen molar-refractivity contribution in [2.75, 3.05) is 11.9 Å². The van der Waals surface area contributed by atoms with Crippen LogP contribution in [0.2, 0.25) is 5.28 Å². The first-order valence-electron chi connectivity index (χ1n) is 9.86. The zero-order valence-corrected chi connectivity index (χ0v) is 17.4. The molecular formula is C23H19ClFN5. The highest BCUT2D eigenvalue weighted by molar-refractivity contribution is 6.29. The van der Waals surface area contributed by atoms with Gasteiger partial charge in [0.05, 0.1) is 5.52 Å². The van der Waals surface area contributed by atoms with E-state index >= 15 is 0 Å². The van der Waals surface area contributed by atoms with Crippen molar-refractivity contribution >= 4 is 39.8 Å². The molecule has 5 nitrogen and oxygen atoms in total. The molecule has 1 aliphatic carbocycles. The van der Waals surface area contributed by atoms with Crippen LogP contribution in [-0.2, 0) is 0 Å². The van der Waals surface area contributed by atoms with Crippen LogP contribution < -0.4 is 4.90 Å². The van der Waals surface area contributed by atoms with E-state index in [-0.39, 0.29) is 16.5 Å². The highest BCUT2D eigenvalue weighted by Crippen LogP contribution is 2.48. The van der Waals surface area contributed by atoms with Gasteiger partial charge in [0.2, 0.25) is 5.28 Å². The third-order valence-corrected chi connectivity index (χ3v) is 6.03. The number of para-hydroxylation sites is 1. The summed E-state index contributed by atoms with van der Waals surface area (Å²) in [7, 11) is 1.85. The molecule has 0 spiro atoms. The maximum absolute atomic E-state index is 14.4. The van der Waals surface area contributed by atoms with Crippen molar-refractivity contribution in [1.29, 1.82) is 0 Å². The molecule has 30 heavy (non-hydrogen) atoms.